The molecule has 11 heteroatoms. The molecule has 0 radical (unpaired) electrons. The zero-order valence-corrected chi connectivity index (χ0v) is 25.1. The van der Waals surface area contributed by atoms with Gasteiger partial charge in [-0.05, 0) is 82.5 Å². The molecule has 4 aromatic rings. The van der Waals surface area contributed by atoms with E-state index in [1.165, 1.54) is 11.8 Å². The Hall–Kier alpha value is -3.21. The number of unbranched alkanes of at least 4 members (excludes halogenated alkanes) is 1. The van der Waals surface area contributed by atoms with E-state index < -0.39 is 0 Å². The van der Waals surface area contributed by atoms with Gasteiger partial charge in [0.05, 0.1) is 28.7 Å². The highest BCUT2D eigenvalue weighted by molar-refractivity contribution is 9.10. The van der Waals surface area contributed by atoms with Crippen LogP contribution in [-0.4, -0.2) is 35.5 Å². The van der Waals surface area contributed by atoms with Crippen LogP contribution < -0.4 is 20.3 Å². The molecule has 0 bridgehead atoms. The second-order valence-electron chi connectivity index (χ2n) is 8.53. The first-order valence-electron chi connectivity index (χ1n) is 12.1. The zero-order chi connectivity index (χ0) is 27.9. The van der Waals surface area contributed by atoms with Crippen molar-refractivity contribution in [1.29, 1.82) is 0 Å². The number of carbonyl (C=O) groups excluding carboxylic acids is 1. The first-order valence-corrected chi connectivity index (χ1v) is 14.1. The van der Waals surface area contributed by atoms with E-state index in [9.17, 15) is 9.59 Å². The molecule has 0 aliphatic rings. The Balaban J connectivity index is 1.58. The molecule has 0 aliphatic heterocycles. The molecule has 1 heterocycles. The van der Waals surface area contributed by atoms with Gasteiger partial charge in [-0.25, -0.2) is 4.98 Å². The predicted molar refractivity (Wildman–Crippen MR) is 162 cm³/mol. The van der Waals surface area contributed by atoms with Gasteiger partial charge in [-0.2, -0.15) is 9.78 Å². The average Bonchev–Trinajstić information content (AvgIpc) is 2.92. The maximum atomic E-state index is 13.3. The van der Waals surface area contributed by atoms with Crippen LogP contribution >= 0.6 is 43.5 Å². The van der Waals surface area contributed by atoms with E-state index in [-0.39, 0.29) is 18.1 Å². The number of carbonyl (C=O) groups is 1. The summed E-state index contributed by atoms with van der Waals surface area (Å²) in [5.41, 5.74) is 1.64. The number of nitrogens with one attached hydrogen (secondary N) is 1. The van der Waals surface area contributed by atoms with Gasteiger partial charge in [0.25, 0.3) is 11.5 Å². The van der Waals surface area contributed by atoms with Crippen LogP contribution in [0.3, 0.4) is 0 Å². The number of halogens is 3. The third-order valence-electron chi connectivity index (χ3n) is 5.68. The summed E-state index contributed by atoms with van der Waals surface area (Å²) in [7, 11) is 1.50. The second-order valence-corrected chi connectivity index (χ2v) is 10.7. The van der Waals surface area contributed by atoms with Crippen molar-refractivity contribution in [2.45, 2.75) is 26.2 Å². The van der Waals surface area contributed by atoms with Gasteiger partial charge in [-0.1, -0.05) is 40.9 Å². The molecule has 1 aromatic heterocycles. The molecule has 202 valence electrons. The minimum absolute atomic E-state index is 0.237. The number of hydrogen-bond donors (Lipinski definition) is 1. The Morgan fingerprint density at radius 2 is 1.92 bits per heavy atom. The summed E-state index contributed by atoms with van der Waals surface area (Å²) < 4.78 is 13.9. The number of methoxy groups -OCH3 is 1. The fourth-order valence-electron chi connectivity index (χ4n) is 3.76. The van der Waals surface area contributed by atoms with E-state index in [0.29, 0.717) is 55.4 Å². The lowest BCUT2D eigenvalue weighted by Crippen LogP contribution is -2.22. The molecule has 3 aromatic carbocycles. The number of ether oxygens (including phenoxy) is 2. The highest BCUT2D eigenvalue weighted by atomic mass is 79.9. The Labute approximate surface area is 247 Å². The Bertz CT molecular complexity index is 1590. The van der Waals surface area contributed by atoms with Crippen LogP contribution in [0.25, 0.3) is 10.9 Å². The van der Waals surface area contributed by atoms with E-state index >= 15 is 0 Å². The van der Waals surface area contributed by atoms with Gasteiger partial charge in [0.2, 0.25) is 0 Å². The van der Waals surface area contributed by atoms with Gasteiger partial charge in [0, 0.05) is 21.6 Å². The van der Waals surface area contributed by atoms with Gasteiger partial charge in [-0.3, -0.25) is 9.59 Å². The van der Waals surface area contributed by atoms with Crippen LogP contribution in [0.1, 0.15) is 31.2 Å². The molecule has 8 nitrogen and oxygen atoms in total. The third-order valence-corrected chi connectivity index (χ3v) is 7.01. The topological polar surface area (TPSA) is 94.8 Å². The minimum atomic E-state index is -0.341. The van der Waals surface area contributed by atoms with Crippen molar-refractivity contribution in [3.05, 3.63) is 90.3 Å². The quantitative estimate of drug-likeness (QED) is 0.186. The Morgan fingerprint density at radius 1 is 1.15 bits per heavy atom. The standard InChI is InChI=1S/C28H25Br2ClN4O4/c1-3-4-5-25-34-23-11-6-18(29)14-21(23)28(37)35(25)32-15-17-12-22(30)27(24(13-17)38-2)39-16-26(36)33-20-9-7-19(31)8-10-20/h6-15H,3-5,16H2,1-2H3,(H,33,36). The lowest BCUT2D eigenvalue weighted by atomic mass is 10.2. The van der Waals surface area contributed by atoms with Crippen LogP contribution in [0, 0.1) is 0 Å². The lowest BCUT2D eigenvalue weighted by molar-refractivity contribution is -0.118. The number of fused-ring (bicyclic) bond motifs is 1. The van der Waals surface area contributed by atoms with Crippen LogP contribution in [0.4, 0.5) is 5.69 Å². The van der Waals surface area contributed by atoms with Crippen molar-refractivity contribution in [1.82, 2.24) is 9.66 Å². The molecule has 4 rings (SSSR count). The van der Waals surface area contributed by atoms with Crippen molar-refractivity contribution < 1.29 is 14.3 Å². The van der Waals surface area contributed by atoms with E-state index in [1.54, 1.807) is 48.7 Å². The summed E-state index contributed by atoms with van der Waals surface area (Å²) >= 11 is 12.8. The van der Waals surface area contributed by atoms with Crippen LogP contribution in [0.15, 0.2) is 73.4 Å². The fourth-order valence-corrected chi connectivity index (χ4v) is 4.82. The van der Waals surface area contributed by atoms with Crippen molar-refractivity contribution >= 4 is 72.2 Å². The van der Waals surface area contributed by atoms with Crippen LogP contribution in [-0.2, 0) is 11.2 Å². The highest BCUT2D eigenvalue weighted by Crippen LogP contribution is 2.36. The summed E-state index contributed by atoms with van der Waals surface area (Å²) in [5.74, 6) is 1.00. The minimum Gasteiger partial charge on any atom is -0.493 e. The Morgan fingerprint density at radius 3 is 2.64 bits per heavy atom. The molecule has 0 unspecified atom stereocenters. The highest BCUT2D eigenvalue weighted by Gasteiger charge is 2.15. The molecular weight excluding hydrogens is 652 g/mol. The molecule has 0 atom stereocenters. The van der Waals surface area contributed by atoms with Gasteiger partial charge in [-0.15, -0.1) is 0 Å². The van der Waals surface area contributed by atoms with E-state index in [0.717, 1.165) is 17.3 Å². The first-order chi connectivity index (χ1) is 18.8. The number of nitrogens with zero attached hydrogens (tertiary/aromatic N) is 3. The molecule has 1 amide bonds. The monoisotopic (exact) mass is 674 g/mol. The van der Waals surface area contributed by atoms with Crippen LogP contribution in [0.5, 0.6) is 11.5 Å². The third kappa shape index (κ3) is 7.26. The van der Waals surface area contributed by atoms with E-state index in [2.05, 4.69) is 49.2 Å². The maximum absolute atomic E-state index is 13.3. The van der Waals surface area contributed by atoms with E-state index in [4.69, 9.17) is 26.1 Å². The Kier molecular flexibility index (Phi) is 9.77. The molecule has 0 spiro atoms. The molecule has 0 saturated carbocycles. The SMILES string of the molecule is CCCCc1nc2ccc(Br)cc2c(=O)n1N=Cc1cc(Br)c(OCC(=O)Nc2ccc(Cl)cc2)c(OC)c1. The number of anilines is 1. The van der Waals surface area contributed by atoms with Crippen molar-refractivity contribution in [2.75, 3.05) is 19.0 Å². The van der Waals surface area contributed by atoms with Gasteiger partial charge in [0.1, 0.15) is 5.82 Å². The summed E-state index contributed by atoms with van der Waals surface area (Å²) in [5, 5.41) is 8.29. The summed E-state index contributed by atoms with van der Waals surface area (Å²) in [6.45, 7) is 1.85. The first kappa shape index (κ1) is 28.8. The van der Waals surface area contributed by atoms with Gasteiger partial charge >= 0.3 is 0 Å². The number of aromatic nitrogens is 2. The largest absolute Gasteiger partial charge is 0.493 e. The maximum Gasteiger partial charge on any atom is 0.282 e. The number of hydrogen-bond acceptors (Lipinski definition) is 6. The van der Waals surface area contributed by atoms with Crippen molar-refractivity contribution in [3.8, 4) is 11.5 Å². The summed E-state index contributed by atoms with van der Waals surface area (Å²) in [4.78, 5) is 30.4. The van der Waals surface area contributed by atoms with Gasteiger partial charge in [0.15, 0.2) is 18.1 Å². The number of aryl methyl sites for hydroxylation is 1. The molecule has 1 N–H and O–H groups in total. The van der Waals surface area contributed by atoms with Crippen LogP contribution in [0.2, 0.25) is 5.02 Å². The molecule has 0 aliphatic carbocycles. The van der Waals surface area contributed by atoms with E-state index in [1.807, 2.05) is 12.1 Å². The van der Waals surface area contributed by atoms with Crippen molar-refractivity contribution in [2.24, 2.45) is 5.10 Å². The molecule has 0 fully saturated rings. The van der Waals surface area contributed by atoms with Gasteiger partial charge < -0.3 is 14.8 Å². The average molecular weight is 677 g/mol. The number of rotatable bonds is 10. The molecular formula is C28H25Br2ClN4O4. The number of amides is 1. The molecule has 0 saturated heterocycles. The summed E-state index contributed by atoms with van der Waals surface area (Å²) in [6, 6.07) is 15.7. The fraction of sp³-hybridized carbons (Fsp3) is 0.214. The number of benzene rings is 3. The summed E-state index contributed by atoms with van der Waals surface area (Å²) in [6.07, 6.45) is 4.02. The smallest absolute Gasteiger partial charge is 0.282 e. The lowest BCUT2D eigenvalue weighted by Gasteiger charge is -2.14. The predicted octanol–water partition coefficient (Wildman–Crippen LogP) is 6.83. The second kappa shape index (κ2) is 13.2. The molecule has 39 heavy (non-hydrogen) atoms. The van der Waals surface area contributed by atoms with Crippen molar-refractivity contribution in [3.63, 3.8) is 0 Å². The zero-order valence-electron chi connectivity index (χ0n) is 21.2. The normalized spacial score (nSPS) is 11.2.